The van der Waals surface area contributed by atoms with Gasteiger partial charge < -0.3 is 14.6 Å². The van der Waals surface area contributed by atoms with Crippen LogP contribution in [0.1, 0.15) is 53.2 Å². The van der Waals surface area contributed by atoms with Crippen molar-refractivity contribution in [1.82, 2.24) is 10.4 Å². The van der Waals surface area contributed by atoms with Gasteiger partial charge in [0.05, 0.1) is 5.54 Å². The van der Waals surface area contributed by atoms with Gasteiger partial charge in [0.15, 0.2) is 11.5 Å². The van der Waals surface area contributed by atoms with Crippen molar-refractivity contribution in [2.45, 2.75) is 32.4 Å². The molecule has 0 spiro atoms. The lowest BCUT2D eigenvalue weighted by molar-refractivity contribution is 0.0358. The number of hydrogen-bond acceptors (Lipinski definition) is 5. The van der Waals surface area contributed by atoms with Gasteiger partial charge in [-0.1, -0.05) is 18.1 Å². The van der Waals surface area contributed by atoms with Gasteiger partial charge in [-0.3, -0.25) is 15.0 Å². The van der Waals surface area contributed by atoms with E-state index >= 15 is 0 Å². The standard InChI is InChI=1S/C22H22N2O5/c1-5-17(25)14-6-8-15(9-7-14)21(27)24(22(2,3)4)23-20(26)16-10-11-18-19(12-16)29-13-28-18/h1,6-12,17,25H,13H2,2-4H3,(H,23,26). The molecule has 1 atom stereocenters. The molecule has 0 fully saturated rings. The number of nitrogens with zero attached hydrogens (tertiary/aromatic N) is 1. The molecule has 0 saturated carbocycles. The van der Waals surface area contributed by atoms with Gasteiger partial charge in [0.1, 0.15) is 6.10 Å². The molecule has 1 unspecified atom stereocenters. The number of ether oxygens (including phenoxy) is 2. The van der Waals surface area contributed by atoms with Crippen LogP contribution in [0.4, 0.5) is 0 Å². The van der Waals surface area contributed by atoms with Crippen molar-refractivity contribution in [1.29, 1.82) is 0 Å². The fourth-order valence-corrected chi connectivity index (χ4v) is 2.76. The monoisotopic (exact) mass is 394 g/mol. The van der Waals surface area contributed by atoms with Crippen LogP contribution in [0.3, 0.4) is 0 Å². The van der Waals surface area contributed by atoms with Crippen molar-refractivity contribution >= 4 is 11.8 Å². The predicted molar refractivity (Wildman–Crippen MR) is 106 cm³/mol. The molecule has 0 radical (unpaired) electrons. The normalized spacial score (nSPS) is 13.3. The van der Waals surface area contributed by atoms with E-state index in [1.54, 1.807) is 63.2 Å². The maximum atomic E-state index is 13.1. The van der Waals surface area contributed by atoms with Crippen LogP contribution in [-0.4, -0.2) is 34.3 Å². The Labute approximate surface area is 169 Å². The van der Waals surface area contributed by atoms with Crippen LogP contribution in [0.15, 0.2) is 42.5 Å². The maximum Gasteiger partial charge on any atom is 0.272 e. The molecule has 1 heterocycles. The van der Waals surface area contributed by atoms with Gasteiger partial charge in [-0.15, -0.1) is 6.42 Å². The highest BCUT2D eigenvalue weighted by Gasteiger charge is 2.30. The molecule has 7 heteroatoms. The number of benzene rings is 2. The zero-order chi connectivity index (χ0) is 21.2. The lowest BCUT2D eigenvalue weighted by Crippen LogP contribution is -2.55. The molecule has 2 amide bonds. The summed E-state index contributed by atoms with van der Waals surface area (Å²) < 4.78 is 10.6. The first kappa shape index (κ1) is 20.2. The summed E-state index contributed by atoms with van der Waals surface area (Å²) in [5.74, 6) is 2.42. The average Bonchev–Trinajstić information content (AvgIpc) is 3.17. The number of carbonyl (C=O) groups excluding carboxylic acids is 2. The van der Waals surface area contributed by atoms with E-state index in [1.807, 2.05) is 0 Å². The van der Waals surface area contributed by atoms with Crippen molar-refractivity contribution in [3.63, 3.8) is 0 Å². The number of aliphatic hydroxyl groups is 1. The fourth-order valence-electron chi connectivity index (χ4n) is 2.76. The quantitative estimate of drug-likeness (QED) is 0.617. The molecule has 150 valence electrons. The molecule has 1 aliphatic rings. The average molecular weight is 394 g/mol. The Bertz CT molecular complexity index is 970. The number of terminal acetylenes is 1. The van der Waals surface area contributed by atoms with E-state index in [-0.39, 0.29) is 6.79 Å². The molecule has 3 rings (SSSR count). The molecule has 2 aromatic rings. The number of hydrazine groups is 1. The van der Waals surface area contributed by atoms with Crippen LogP contribution < -0.4 is 14.9 Å². The summed E-state index contributed by atoms with van der Waals surface area (Å²) in [5.41, 5.74) is 3.18. The topological polar surface area (TPSA) is 88.1 Å². The van der Waals surface area contributed by atoms with Crippen molar-refractivity contribution in [3.05, 3.63) is 59.2 Å². The van der Waals surface area contributed by atoms with Crippen LogP contribution >= 0.6 is 0 Å². The molecular formula is C22H22N2O5. The fraction of sp³-hybridized carbons (Fsp3) is 0.273. The lowest BCUT2D eigenvalue weighted by atomic mass is 10.0. The van der Waals surface area contributed by atoms with Crippen LogP contribution in [0.2, 0.25) is 0 Å². The lowest BCUT2D eigenvalue weighted by Gasteiger charge is -2.35. The highest BCUT2D eigenvalue weighted by atomic mass is 16.7. The summed E-state index contributed by atoms with van der Waals surface area (Å²) in [5, 5.41) is 11.0. The van der Waals surface area contributed by atoms with E-state index in [0.29, 0.717) is 28.2 Å². The number of fused-ring (bicyclic) bond motifs is 1. The Morgan fingerprint density at radius 2 is 1.72 bits per heavy atom. The van der Waals surface area contributed by atoms with Crippen molar-refractivity contribution in [2.75, 3.05) is 6.79 Å². The van der Waals surface area contributed by atoms with Crippen LogP contribution in [0.5, 0.6) is 11.5 Å². The molecule has 0 saturated heterocycles. The smallest absolute Gasteiger partial charge is 0.272 e. The summed E-state index contributed by atoms with van der Waals surface area (Å²) in [4.78, 5) is 25.8. The van der Waals surface area contributed by atoms with Crippen molar-refractivity contribution in [2.24, 2.45) is 0 Å². The predicted octanol–water partition coefficient (Wildman–Crippen LogP) is 2.67. The molecule has 0 aliphatic carbocycles. The first-order valence-electron chi connectivity index (χ1n) is 9.00. The number of hydrogen-bond donors (Lipinski definition) is 2. The van der Waals surface area contributed by atoms with Crippen molar-refractivity contribution < 1.29 is 24.2 Å². The summed E-state index contributed by atoms with van der Waals surface area (Å²) in [6.45, 7) is 5.53. The molecule has 1 aliphatic heterocycles. The van der Waals surface area contributed by atoms with Gasteiger partial charge in [-0.05, 0) is 56.7 Å². The zero-order valence-electron chi connectivity index (χ0n) is 16.4. The molecule has 7 nitrogen and oxygen atoms in total. The van der Waals surface area contributed by atoms with Gasteiger partial charge in [-0.25, -0.2) is 5.01 Å². The highest BCUT2D eigenvalue weighted by Crippen LogP contribution is 2.32. The Hall–Kier alpha value is -3.50. The first-order valence-corrected chi connectivity index (χ1v) is 9.00. The third-order valence-electron chi connectivity index (χ3n) is 4.35. The summed E-state index contributed by atoms with van der Waals surface area (Å²) in [6, 6.07) is 11.1. The van der Waals surface area contributed by atoms with E-state index in [2.05, 4.69) is 11.3 Å². The van der Waals surface area contributed by atoms with E-state index in [9.17, 15) is 14.7 Å². The largest absolute Gasteiger partial charge is 0.454 e. The number of nitrogens with one attached hydrogen (secondary N) is 1. The molecular weight excluding hydrogens is 372 g/mol. The second-order valence-electron chi connectivity index (χ2n) is 7.51. The summed E-state index contributed by atoms with van der Waals surface area (Å²) >= 11 is 0. The highest BCUT2D eigenvalue weighted by molar-refractivity contribution is 5.99. The Kier molecular flexibility index (Phi) is 5.48. The van der Waals surface area contributed by atoms with Gasteiger partial charge >= 0.3 is 0 Å². The Morgan fingerprint density at radius 1 is 1.10 bits per heavy atom. The van der Waals surface area contributed by atoms with Crippen LogP contribution in [0, 0.1) is 12.3 Å². The summed E-state index contributed by atoms with van der Waals surface area (Å²) in [6.07, 6.45) is 4.17. The van der Waals surface area contributed by atoms with E-state index in [1.165, 1.54) is 5.01 Å². The number of carbonyl (C=O) groups is 2. The SMILES string of the molecule is C#CC(O)c1ccc(C(=O)N(NC(=O)c2ccc3c(c2)OCO3)C(C)(C)C)cc1. The van der Waals surface area contributed by atoms with E-state index < -0.39 is 23.5 Å². The molecule has 29 heavy (non-hydrogen) atoms. The summed E-state index contributed by atoms with van der Waals surface area (Å²) in [7, 11) is 0. The Morgan fingerprint density at radius 3 is 2.34 bits per heavy atom. The number of amides is 2. The van der Waals surface area contributed by atoms with Crippen LogP contribution in [0.25, 0.3) is 0 Å². The molecule has 2 N–H and O–H groups in total. The van der Waals surface area contributed by atoms with E-state index in [4.69, 9.17) is 15.9 Å². The molecule has 0 bridgehead atoms. The minimum atomic E-state index is -1.04. The third kappa shape index (κ3) is 4.33. The van der Waals surface area contributed by atoms with E-state index in [0.717, 1.165) is 0 Å². The molecule has 2 aromatic carbocycles. The first-order chi connectivity index (χ1) is 13.7. The maximum absolute atomic E-state index is 13.1. The molecule has 0 aromatic heterocycles. The third-order valence-corrected chi connectivity index (χ3v) is 4.35. The van der Waals surface area contributed by atoms with Crippen LogP contribution in [-0.2, 0) is 0 Å². The minimum absolute atomic E-state index is 0.109. The van der Waals surface area contributed by atoms with Crippen molar-refractivity contribution in [3.8, 4) is 23.8 Å². The minimum Gasteiger partial charge on any atom is -0.454 e. The number of rotatable bonds is 3. The van der Waals surface area contributed by atoms with Gasteiger partial charge in [0.25, 0.3) is 11.8 Å². The van der Waals surface area contributed by atoms with Gasteiger partial charge in [-0.2, -0.15) is 0 Å². The van der Waals surface area contributed by atoms with Gasteiger partial charge in [0.2, 0.25) is 6.79 Å². The number of aliphatic hydroxyl groups excluding tert-OH is 1. The second-order valence-corrected chi connectivity index (χ2v) is 7.51. The second kappa shape index (κ2) is 7.86. The van der Waals surface area contributed by atoms with Gasteiger partial charge in [0, 0.05) is 11.1 Å². The zero-order valence-corrected chi connectivity index (χ0v) is 16.4. The Balaban J connectivity index is 1.82.